The molecule has 4 bridgehead atoms. The zero-order valence-corrected chi connectivity index (χ0v) is 16.9. The molecule has 4 saturated carbocycles. The topological polar surface area (TPSA) is 72.7 Å². The van der Waals surface area contributed by atoms with E-state index in [0.29, 0.717) is 16.3 Å². The highest BCUT2D eigenvalue weighted by Gasteiger charge is 2.53. The summed E-state index contributed by atoms with van der Waals surface area (Å²) in [5.74, 6) is 3.01. The van der Waals surface area contributed by atoms with E-state index in [0.717, 1.165) is 23.3 Å². The maximum atomic E-state index is 12.7. The van der Waals surface area contributed by atoms with E-state index in [-0.39, 0.29) is 18.5 Å². The number of nitrogens with one attached hydrogen (secondary N) is 1. The van der Waals surface area contributed by atoms with Crippen molar-refractivity contribution in [2.24, 2.45) is 23.2 Å². The second-order valence-electron chi connectivity index (χ2n) is 9.19. The van der Waals surface area contributed by atoms with Gasteiger partial charge < -0.3 is 5.32 Å². The molecule has 2 aromatic rings. The first kappa shape index (κ1) is 18.1. The van der Waals surface area contributed by atoms with Gasteiger partial charge in [0, 0.05) is 11.6 Å². The second-order valence-corrected chi connectivity index (χ2v) is 9.60. The van der Waals surface area contributed by atoms with Crippen molar-refractivity contribution < 1.29 is 4.79 Å². The maximum Gasteiger partial charge on any atom is 0.243 e. The Bertz CT molecular complexity index is 859. The number of amides is 1. The predicted octanol–water partition coefficient (Wildman–Crippen LogP) is 3.71. The van der Waals surface area contributed by atoms with Crippen LogP contribution in [-0.4, -0.2) is 32.2 Å². The third-order valence-electron chi connectivity index (χ3n) is 7.23. The van der Waals surface area contributed by atoms with Crippen LogP contribution >= 0.6 is 11.6 Å². The zero-order valence-electron chi connectivity index (χ0n) is 16.1. The van der Waals surface area contributed by atoms with Crippen LogP contribution in [0.2, 0.25) is 5.02 Å². The molecule has 1 heterocycles. The van der Waals surface area contributed by atoms with Gasteiger partial charge in [-0.05, 0) is 86.0 Å². The average molecular weight is 400 g/mol. The number of aromatic nitrogens is 4. The summed E-state index contributed by atoms with van der Waals surface area (Å²) in [5.41, 5.74) is 1.01. The zero-order chi connectivity index (χ0) is 19.3. The van der Waals surface area contributed by atoms with E-state index in [4.69, 9.17) is 11.6 Å². The Morgan fingerprint density at radius 3 is 2.50 bits per heavy atom. The Hall–Kier alpha value is -1.95. The molecule has 1 aromatic heterocycles. The van der Waals surface area contributed by atoms with Crippen molar-refractivity contribution in [1.29, 1.82) is 0 Å². The molecule has 28 heavy (non-hydrogen) atoms. The average Bonchev–Trinajstić information content (AvgIpc) is 3.09. The van der Waals surface area contributed by atoms with Gasteiger partial charge in [-0.15, -0.1) is 10.2 Å². The van der Waals surface area contributed by atoms with Gasteiger partial charge in [-0.1, -0.05) is 23.7 Å². The fourth-order valence-corrected chi connectivity index (χ4v) is 6.56. The quantitative estimate of drug-likeness (QED) is 0.831. The largest absolute Gasteiger partial charge is 0.351 e. The van der Waals surface area contributed by atoms with Gasteiger partial charge >= 0.3 is 0 Å². The van der Waals surface area contributed by atoms with Gasteiger partial charge in [-0.3, -0.25) is 4.79 Å². The molecular weight excluding hydrogens is 374 g/mol. The fourth-order valence-electron chi connectivity index (χ4n) is 6.34. The summed E-state index contributed by atoms with van der Waals surface area (Å²) in [6.45, 7) is 2.27. The first-order valence-electron chi connectivity index (χ1n) is 10.3. The molecule has 7 heteroatoms. The number of nitrogens with zero attached hydrogens (tertiary/aromatic N) is 4. The van der Waals surface area contributed by atoms with Crippen LogP contribution in [0, 0.1) is 23.2 Å². The normalized spacial score (nSPS) is 31.7. The predicted molar refractivity (Wildman–Crippen MR) is 106 cm³/mol. The molecule has 1 N–H and O–H groups in total. The Kier molecular flexibility index (Phi) is 4.42. The smallest absolute Gasteiger partial charge is 0.243 e. The van der Waals surface area contributed by atoms with Crippen LogP contribution in [0.4, 0.5) is 0 Å². The van der Waals surface area contributed by atoms with Crippen molar-refractivity contribution >= 4 is 17.5 Å². The number of carbonyl (C=O) groups excluding carboxylic acids is 1. The van der Waals surface area contributed by atoms with Crippen molar-refractivity contribution in [2.75, 3.05) is 0 Å². The van der Waals surface area contributed by atoms with Crippen molar-refractivity contribution in [3.8, 4) is 11.4 Å². The minimum absolute atomic E-state index is 0.0497. The molecule has 1 aromatic carbocycles. The molecule has 6 nitrogen and oxygen atoms in total. The Morgan fingerprint density at radius 2 is 1.86 bits per heavy atom. The lowest BCUT2D eigenvalue weighted by molar-refractivity contribution is -0.126. The molecule has 6 rings (SSSR count). The SMILES string of the molecule is C[C@H](NC(=O)Cn1nnc(-c2ccccc2Cl)n1)C12CC3CC(CC(C3)C1)C2. The molecule has 148 valence electrons. The summed E-state index contributed by atoms with van der Waals surface area (Å²) in [6.07, 6.45) is 8.06. The van der Waals surface area contributed by atoms with E-state index in [1.54, 1.807) is 6.07 Å². The highest BCUT2D eigenvalue weighted by atomic mass is 35.5. The van der Waals surface area contributed by atoms with Gasteiger partial charge in [0.25, 0.3) is 0 Å². The van der Waals surface area contributed by atoms with Crippen molar-refractivity contribution in [2.45, 2.75) is 58.0 Å². The number of tetrazole rings is 1. The monoisotopic (exact) mass is 399 g/mol. The molecular formula is C21H26ClN5O. The molecule has 1 amide bonds. The van der Waals surface area contributed by atoms with Crippen LogP contribution in [-0.2, 0) is 11.3 Å². The number of benzene rings is 1. The Balaban J connectivity index is 1.24. The van der Waals surface area contributed by atoms with Crippen molar-refractivity contribution in [3.05, 3.63) is 29.3 Å². The van der Waals surface area contributed by atoms with Crippen molar-refractivity contribution in [1.82, 2.24) is 25.5 Å². The van der Waals surface area contributed by atoms with Crippen LogP contribution in [0.15, 0.2) is 24.3 Å². The van der Waals surface area contributed by atoms with Crippen LogP contribution < -0.4 is 5.32 Å². The molecule has 0 aliphatic heterocycles. The molecule has 0 radical (unpaired) electrons. The minimum Gasteiger partial charge on any atom is -0.351 e. The van der Waals surface area contributed by atoms with Gasteiger partial charge in [0.05, 0.1) is 5.02 Å². The lowest BCUT2D eigenvalue weighted by Crippen LogP contribution is -2.56. The number of hydrogen-bond donors (Lipinski definition) is 1. The van der Waals surface area contributed by atoms with E-state index >= 15 is 0 Å². The number of hydrogen-bond acceptors (Lipinski definition) is 4. The minimum atomic E-state index is -0.0497. The van der Waals surface area contributed by atoms with Crippen LogP contribution in [0.5, 0.6) is 0 Å². The first-order chi connectivity index (χ1) is 13.5. The van der Waals surface area contributed by atoms with Crippen LogP contribution in [0.1, 0.15) is 45.4 Å². The highest BCUT2D eigenvalue weighted by molar-refractivity contribution is 6.33. The van der Waals surface area contributed by atoms with Crippen LogP contribution in [0.25, 0.3) is 11.4 Å². The number of carbonyl (C=O) groups is 1. The molecule has 0 spiro atoms. The molecule has 0 saturated heterocycles. The summed E-state index contributed by atoms with van der Waals surface area (Å²) in [4.78, 5) is 14.0. The van der Waals surface area contributed by atoms with E-state index in [1.807, 2.05) is 18.2 Å². The summed E-state index contributed by atoms with van der Waals surface area (Å²) in [6, 6.07) is 7.56. The van der Waals surface area contributed by atoms with Gasteiger partial charge in [0.15, 0.2) is 0 Å². The molecule has 1 atom stereocenters. The summed E-state index contributed by atoms with van der Waals surface area (Å²) in [5, 5.41) is 16.2. The highest BCUT2D eigenvalue weighted by Crippen LogP contribution is 2.61. The first-order valence-corrected chi connectivity index (χ1v) is 10.7. The van der Waals surface area contributed by atoms with Gasteiger partial charge in [0.2, 0.25) is 11.7 Å². The standard InChI is InChI=1S/C21H26ClN5O/c1-13(21-9-14-6-15(10-21)8-16(7-14)11-21)23-19(28)12-27-25-20(24-26-27)17-4-2-3-5-18(17)22/h2-5,13-16H,6-12H2,1H3,(H,23,28)/t13-,14?,15?,16?,21?/m0/s1. The number of halogens is 1. The summed E-state index contributed by atoms with van der Waals surface area (Å²) in [7, 11) is 0. The lowest BCUT2D eigenvalue weighted by atomic mass is 9.48. The third-order valence-corrected chi connectivity index (χ3v) is 7.56. The van der Waals surface area contributed by atoms with E-state index < -0.39 is 0 Å². The molecule has 4 aliphatic rings. The number of rotatable bonds is 5. The van der Waals surface area contributed by atoms with Gasteiger partial charge in [-0.2, -0.15) is 4.80 Å². The fraction of sp³-hybridized carbons (Fsp3) is 0.619. The van der Waals surface area contributed by atoms with E-state index in [9.17, 15) is 4.79 Å². The summed E-state index contributed by atoms with van der Waals surface area (Å²) >= 11 is 6.20. The second kappa shape index (κ2) is 6.83. The van der Waals surface area contributed by atoms with Crippen LogP contribution in [0.3, 0.4) is 0 Å². The molecule has 4 aliphatic carbocycles. The van der Waals surface area contributed by atoms with E-state index in [1.165, 1.54) is 43.3 Å². The van der Waals surface area contributed by atoms with Crippen molar-refractivity contribution in [3.63, 3.8) is 0 Å². The third kappa shape index (κ3) is 3.21. The Labute approximate surface area is 170 Å². The maximum absolute atomic E-state index is 12.7. The van der Waals surface area contributed by atoms with Gasteiger partial charge in [-0.25, -0.2) is 0 Å². The molecule has 4 fully saturated rings. The summed E-state index contributed by atoms with van der Waals surface area (Å²) < 4.78 is 0. The lowest BCUT2D eigenvalue weighted by Gasteiger charge is -2.59. The van der Waals surface area contributed by atoms with Gasteiger partial charge in [0.1, 0.15) is 6.54 Å². The van der Waals surface area contributed by atoms with E-state index in [2.05, 4.69) is 27.7 Å². The molecule has 0 unspecified atom stereocenters. The Morgan fingerprint density at radius 1 is 1.21 bits per heavy atom.